The number of carbonyl (C=O) groups is 11. The third-order valence-corrected chi connectivity index (χ3v) is 12.4. The predicted octanol–water partition coefficient (Wildman–Crippen LogP) is -7.54. The first-order valence-corrected chi connectivity index (χ1v) is 29.6. The minimum atomic E-state index is -4.92. The second-order valence-corrected chi connectivity index (χ2v) is 20.4. The SMILES string of the molecule is C=CC(=O)Cl.C=CC(=O)ON1C(=O)CCC1=O.CCC(C)C(=O)ON1C(=O)CCC1=O.CCCNC(=O)C(C)CC(CC)C(=O)NC.NCCc1ccc(O[C@@H]2OC(CO)[C@H](O)[C@H](O[C@@H]3O[CH-][C@@H](O)[CH-]C3O)C2O)cc1.O=C1CCC(=O)N1O.O=C=O.O=S(=O)([O-])O.[Na+].[Na+]. The molecule has 5 fully saturated rings. The normalized spacial score (nSPS) is 21.8. The molecule has 35 nitrogen and oxygen atoms in total. The Balaban J connectivity index is -0.000000538. The molecule has 39 heteroatoms. The molecule has 0 aliphatic carbocycles. The van der Waals surface area contributed by atoms with Gasteiger partial charge < -0.3 is 75.1 Å². The van der Waals surface area contributed by atoms with E-state index in [9.17, 15) is 78.3 Å². The van der Waals surface area contributed by atoms with Gasteiger partial charge in [0.05, 0.1) is 12.5 Å². The molecule has 5 aliphatic heterocycles. The molecule has 6 rings (SSSR count). The maximum Gasteiger partial charge on any atom is 1.00 e. The van der Waals surface area contributed by atoms with Crippen molar-refractivity contribution in [2.24, 2.45) is 23.5 Å². The van der Waals surface area contributed by atoms with E-state index >= 15 is 0 Å². The minimum absolute atomic E-state index is 0. The molecule has 94 heavy (non-hydrogen) atoms. The van der Waals surface area contributed by atoms with Crippen LogP contribution in [0, 0.1) is 30.8 Å². The Morgan fingerprint density at radius 1 is 0.809 bits per heavy atom. The van der Waals surface area contributed by atoms with Crippen molar-refractivity contribution in [1.29, 1.82) is 0 Å². The van der Waals surface area contributed by atoms with Gasteiger partial charge in [-0.2, -0.15) is 20.8 Å². The number of amides is 8. The average molecular weight is 1400 g/mol. The fourth-order valence-electron chi connectivity index (χ4n) is 7.16. The standard InChI is InChI=1S/C19H27NO9.C12H24N2O2.C9H13NO4.C7H7NO4.C4H5NO3.C3H3ClO.CO2.2Na.H2O4S/c20-6-5-10-1-3-12(4-2-10)27-19-16(25)17(15(24)14(8-21)28-19)29-18-13(23)7-11(22)9-26-18;1-5-7-14-11(15)9(3)8-10(6-2)12(16)13-4;1-3-6(2)9(13)14-10-7(11)4-5-8(10)12;1-2-7(11)12-8-5(9)3-4-6(8)10;6-3-1-2-4(7)5(3)8;1-2-3(4)5;2-1-3;;;1-5(2,3)4/h1-4,7,9,11,13-19,21-25H,5-6,8,20H2;9-10H,5-8H2,1-4H3,(H,13,16)(H,14,15);6H,3-5H2,1-2H3;2H,1,3-4H2;8H,1-2H2;2H,1H2;;;;(H2,1,2,3,4)/q-2;;;;;;;2*+1;/p-1/t11-,13?,14?,15-,16?,17-,18-,19+;;;;;;;;;/m0........./s1. The number of nitrogens with one attached hydrogen (secondary N) is 2. The molecule has 5 aliphatic rings. The molecule has 0 saturated carbocycles. The number of hydrogen-bond acceptors (Lipinski definition) is 29. The molecule has 5 heterocycles. The van der Waals surface area contributed by atoms with E-state index in [0.717, 1.165) is 37.2 Å². The van der Waals surface area contributed by atoms with Crippen LogP contribution in [0.1, 0.15) is 104 Å². The number of rotatable bonds is 20. The molecule has 0 bridgehead atoms. The molecule has 8 amide bonds. The van der Waals surface area contributed by atoms with Gasteiger partial charge in [0.2, 0.25) is 33.7 Å². The van der Waals surface area contributed by atoms with Crippen molar-refractivity contribution in [2.75, 3.05) is 26.7 Å². The summed E-state index contributed by atoms with van der Waals surface area (Å²) in [6.07, 6.45) is -2.37. The molecule has 0 radical (unpaired) electrons. The fourth-order valence-corrected chi connectivity index (χ4v) is 7.16. The zero-order valence-corrected chi connectivity index (χ0v) is 58.7. The van der Waals surface area contributed by atoms with Crippen LogP contribution in [0.4, 0.5) is 0 Å². The first kappa shape index (κ1) is 95.0. The molecule has 11 atom stereocenters. The third kappa shape index (κ3) is 39.0. The zero-order valence-electron chi connectivity index (χ0n) is 53.1. The molecule has 0 spiro atoms. The summed E-state index contributed by atoms with van der Waals surface area (Å²) in [6, 6.07) is 7.03. The molecule has 6 unspecified atom stereocenters. The second kappa shape index (κ2) is 51.8. The number of carbonyl (C=O) groups excluding carboxylic acids is 13. The maximum atomic E-state index is 11.6. The number of ether oxygens (including phenoxy) is 4. The Hall–Kier alpha value is -5.39. The molecular formula is C55H80ClN6Na2O29S-. The van der Waals surface area contributed by atoms with Crippen molar-refractivity contribution in [1.82, 2.24) is 25.8 Å². The Bertz CT molecular complexity index is 2680. The predicted molar refractivity (Wildman–Crippen MR) is 308 cm³/mol. The van der Waals surface area contributed by atoms with Crippen molar-refractivity contribution in [3.8, 4) is 5.75 Å². The quantitative estimate of drug-likeness (QED) is 0.00847. The Kier molecular flexibility index (Phi) is 52.4. The largest absolute Gasteiger partial charge is 1.00 e. The number of hydrogen-bond donors (Lipinski definition) is 10. The summed E-state index contributed by atoms with van der Waals surface area (Å²) in [6.45, 7) is 17.3. The minimum Gasteiger partial charge on any atom is -0.726 e. The number of aliphatic hydroxyl groups is 5. The van der Waals surface area contributed by atoms with Crippen LogP contribution in [0.5, 0.6) is 5.75 Å². The van der Waals surface area contributed by atoms with E-state index in [1.807, 2.05) is 39.8 Å². The van der Waals surface area contributed by atoms with Crippen LogP contribution in [-0.2, 0) is 103 Å². The van der Waals surface area contributed by atoms with E-state index in [-0.39, 0.29) is 138 Å². The number of hydroxylamine groups is 6. The number of halogens is 1. The van der Waals surface area contributed by atoms with Gasteiger partial charge in [-0.15, -0.1) is 10.1 Å². The van der Waals surface area contributed by atoms with Gasteiger partial charge in [0.1, 0.15) is 36.5 Å². The van der Waals surface area contributed by atoms with Crippen molar-refractivity contribution >= 4 is 92.6 Å². The van der Waals surface area contributed by atoms with E-state index in [1.54, 1.807) is 26.1 Å². The van der Waals surface area contributed by atoms with E-state index in [2.05, 4.69) is 33.5 Å². The van der Waals surface area contributed by atoms with Gasteiger partial charge in [-0.25, -0.2) is 24.6 Å². The number of nitrogens with zero attached hydrogens (tertiary/aromatic N) is 3. The van der Waals surface area contributed by atoms with Crippen LogP contribution in [-0.4, -0.2) is 210 Å². The van der Waals surface area contributed by atoms with Crippen LogP contribution in [0.25, 0.3) is 0 Å². The summed E-state index contributed by atoms with van der Waals surface area (Å²) in [7, 11) is -3.28. The van der Waals surface area contributed by atoms with Gasteiger partial charge in [0.15, 0.2) is 0 Å². The van der Waals surface area contributed by atoms with Crippen molar-refractivity contribution in [3.05, 3.63) is 68.2 Å². The molecule has 520 valence electrons. The Labute approximate surface area is 591 Å². The van der Waals surface area contributed by atoms with Crippen LogP contribution < -0.4 is 80.2 Å². The fraction of sp³-hybridized carbons (Fsp3) is 0.564. The number of imide groups is 3. The molecule has 11 N–H and O–H groups in total. The number of benzene rings is 1. The summed E-state index contributed by atoms with van der Waals surface area (Å²) in [4.78, 5) is 144. The summed E-state index contributed by atoms with van der Waals surface area (Å²) in [5.74, 6) is -4.19. The van der Waals surface area contributed by atoms with Gasteiger partial charge in [-0.1, -0.05) is 59.9 Å². The van der Waals surface area contributed by atoms with Gasteiger partial charge >= 0.3 is 77.2 Å². The van der Waals surface area contributed by atoms with Crippen molar-refractivity contribution in [2.45, 2.75) is 154 Å². The summed E-state index contributed by atoms with van der Waals surface area (Å²) >= 11 is 4.71. The third-order valence-electron chi connectivity index (χ3n) is 12.2. The van der Waals surface area contributed by atoms with E-state index < -0.39 is 119 Å². The van der Waals surface area contributed by atoms with Gasteiger partial charge in [-0.3, -0.25) is 59.3 Å². The molecule has 0 aromatic heterocycles. The van der Waals surface area contributed by atoms with Gasteiger partial charge in [0.25, 0.3) is 35.4 Å². The van der Waals surface area contributed by atoms with Crippen LogP contribution >= 0.6 is 11.6 Å². The zero-order chi connectivity index (χ0) is 71.0. The summed E-state index contributed by atoms with van der Waals surface area (Å²) in [5, 5.41) is 64.5. The first-order chi connectivity index (χ1) is 43.1. The summed E-state index contributed by atoms with van der Waals surface area (Å²) < 4.78 is 54.6. The van der Waals surface area contributed by atoms with Crippen LogP contribution in [0.3, 0.4) is 0 Å². The topological polar surface area (TPSA) is 536 Å². The average Bonchev–Trinajstić information content (AvgIpc) is 1.17. The molecule has 5 saturated heterocycles. The molecular weight excluding hydrogens is 1320 g/mol. The molecule has 1 aromatic carbocycles. The van der Waals surface area contributed by atoms with E-state index in [0.29, 0.717) is 48.2 Å². The van der Waals surface area contributed by atoms with E-state index in [1.165, 1.54) is 6.42 Å². The number of allylic oxidation sites excluding steroid dienone is 1. The monoisotopic (exact) mass is 1400 g/mol. The maximum absolute atomic E-state index is 11.6. The van der Waals surface area contributed by atoms with Gasteiger partial charge in [0, 0.05) is 70.0 Å². The van der Waals surface area contributed by atoms with Crippen LogP contribution in [0.2, 0.25) is 0 Å². The van der Waals surface area contributed by atoms with Gasteiger partial charge in [-0.05, 0) is 80.1 Å². The van der Waals surface area contributed by atoms with E-state index in [4.69, 9.17) is 68.6 Å². The Morgan fingerprint density at radius 3 is 1.65 bits per heavy atom. The van der Waals surface area contributed by atoms with Crippen LogP contribution in [0.15, 0.2) is 49.6 Å². The van der Waals surface area contributed by atoms with Crippen molar-refractivity contribution in [3.63, 3.8) is 0 Å². The summed E-state index contributed by atoms with van der Waals surface area (Å²) in [5.41, 5.74) is 6.55. The number of nitrogens with two attached hydrogens (primary N) is 1. The van der Waals surface area contributed by atoms with Crippen molar-refractivity contribution < 1.29 is 198 Å². The number of aliphatic hydroxyl groups excluding tert-OH is 5. The smallest absolute Gasteiger partial charge is 0.726 e. The molecule has 1 aromatic rings. The second-order valence-electron chi connectivity index (χ2n) is 19.2. The Morgan fingerprint density at radius 2 is 1.28 bits per heavy atom. The first-order valence-electron chi connectivity index (χ1n) is 27.8.